The van der Waals surface area contributed by atoms with Gasteiger partial charge in [0.15, 0.2) is 0 Å². The van der Waals surface area contributed by atoms with E-state index in [1.54, 1.807) is 4.68 Å². The van der Waals surface area contributed by atoms with Gasteiger partial charge in [0.1, 0.15) is 5.82 Å². The third-order valence-electron chi connectivity index (χ3n) is 1.98. The van der Waals surface area contributed by atoms with Crippen LogP contribution in [0.15, 0.2) is 6.07 Å². The van der Waals surface area contributed by atoms with Gasteiger partial charge in [-0.1, -0.05) is 0 Å². The van der Waals surface area contributed by atoms with E-state index in [1.807, 2.05) is 33.2 Å². The van der Waals surface area contributed by atoms with Crippen molar-refractivity contribution in [1.29, 1.82) is 0 Å². The molecule has 0 radical (unpaired) electrons. The minimum absolute atomic E-state index is 0.0144. The van der Waals surface area contributed by atoms with E-state index in [1.165, 1.54) is 11.8 Å². The van der Waals surface area contributed by atoms with Crippen molar-refractivity contribution in [2.75, 3.05) is 11.6 Å². The molecule has 0 bridgehead atoms. The van der Waals surface area contributed by atoms with Gasteiger partial charge in [-0.25, -0.2) is 0 Å². The highest BCUT2D eigenvalue weighted by Gasteiger charge is 2.13. The number of anilines is 1. The van der Waals surface area contributed by atoms with Crippen molar-refractivity contribution >= 4 is 23.5 Å². The Morgan fingerprint density at radius 2 is 2.36 bits per heavy atom. The smallest absolute Gasteiger partial charge is 0.238 e. The van der Waals surface area contributed by atoms with E-state index in [-0.39, 0.29) is 11.2 Å². The number of aromatic nitrogens is 2. The van der Waals surface area contributed by atoms with Crippen LogP contribution < -0.4 is 5.32 Å². The molecule has 78 valence electrons. The van der Waals surface area contributed by atoms with Crippen LogP contribution in [-0.2, 0) is 11.8 Å². The molecule has 0 saturated carbocycles. The number of carbonyl (C=O) groups excluding carboxylic acids is 1. The van der Waals surface area contributed by atoms with E-state index < -0.39 is 0 Å². The summed E-state index contributed by atoms with van der Waals surface area (Å²) < 4.78 is 1.67. The maximum absolute atomic E-state index is 11.5. The molecule has 1 rings (SSSR count). The standard InChI is InChI=1S/C9H15N3OS/c1-6-5-8(12(3)11-6)10-9(13)7(2)14-4/h5,7H,1-4H3,(H,10,13). The largest absolute Gasteiger partial charge is 0.310 e. The Kier molecular flexibility index (Phi) is 3.57. The second-order valence-corrected chi connectivity index (χ2v) is 4.34. The molecule has 1 heterocycles. The molecule has 1 aromatic rings. The molecule has 0 aliphatic carbocycles. The molecule has 0 fully saturated rings. The summed E-state index contributed by atoms with van der Waals surface area (Å²) in [6.07, 6.45) is 1.92. The van der Waals surface area contributed by atoms with E-state index in [9.17, 15) is 4.79 Å². The lowest BCUT2D eigenvalue weighted by Gasteiger charge is -2.08. The Morgan fingerprint density at radius 1 is 1.71 bits per heavy atom. The van der Waals surface area contributed by atoms with Gasteiger partial charge >= 0.3 is 0 Å². The number of hydrogen-bond donors (Lipinski definition) is 1. The normalized spacial score (nSPS) is 12.6. The summed E-state index contributed by atoms with van der Waals surface area (Å²) >= 11 is 1.52. The van der Waals surface area contributed by atoms with Gasteiger partial charge in [-0.15, -0.1) is 0 Å². The fourth-order valence-electron chi connectivity index (χ4n) is 1.06. The van der Waals surface area contributed by atoms with Crippen LogP contribution in [0, 0.1) is 6.92 Å². The van der Waals surface area contributed by atoms with Crippen molar-refractivity contribution < 1.29 is 4.79 Å². The number of carbonyl (C=O) groups is 1. The van der Waals surface area contributed by atoms with Crippen LogP contribution >= 0.6 is 11.8 Å². The van der Waals surface area contributed by atoms with E-state index in [2.05, 4.69) is 10.4 Å². The van der Waals surface area contributed by atoms with Gasteiger partial charge in [-0.2, -0.15) is 16.9 Å². The molecule has 1 amide bonds. The summed E-state index contributed by atoms with van der Waals surface area (Å²) in [6, 6.07) is 1.85. The highest BCUT2D eigenvalue weighted by atomic mass is 32.2. The van der Waals surface area contributed by atoms with Crippen LogP contribution in [0.5, 0.6) is 0 Å². The number of thioether (sulfide) groups is 1. The first-order chi connectivity index (χ1) is 6.54. The van der Waals surface area contributed by atoms with E-state index >= 15 is 0 Å². The van der Waals surface area contributed by atoms with E-state index in [0.717, 1.165) is 11.5 Å². The Balaban J connectivity index is 2.69. The average Bonchev–Trinajstić information content (AvgIpc) is 2.44. The molecule has 0 aromatic carbocycles. The molecule has 14 heavy (non-hydrogen) atoms. The number of hydrogen-bond acceptors (Lipinski definition) is 3. The predicted octanol–water partition coefficient (Wildman–Crippen LogP) is 1.42. The first-order valence-electron chi connectivity index (χ1n) is 4.39. The number of rotatable bonds is 3. The predicted molar refractivity (Wildman–Crippen MR) is 59.6 cm³/mol. The zero-order valence-corrected chi connectivity index (χ0v) is 9.68. The van der Waals surface area contributed by atoms with Gasteiger partial charge in [0.05, 0.1) is 10.9 Å². The van der Waals surface area contributed by atoms with Crippen molar-refractivity contribution in [3.05, 3.63) is 11.8 Å². The monoisotopic (exact) mass is 213 g/mol. The Hall–Kier alpha value is -0.970. The fourth-order valence-corrected chi connectivity index (χ4v) is 1.34. The SMILES string of the molecule is CSC(C)C(=O)Nc1cc(C)nn1C. The lowest BCUT2D eigenvalue weighted by Crippen LogP contribution is -2.23. The summed E-state index contributed by atoms with van der Waals surface area (Å²) in [7, 11) is 1.81. The summed E-state index contributed by atoms with van der Waals surface area (Å²) in [4.78, 5) is 11.5. The highest BCUT2D eigenvalue weighted by Crippen LogP contribution is 2.11. The lowest BCUT2D eigenvalue weighted by atomic mass is 10.4. The lowest BCUT2D eigenvalue weighted by molar-refractivity contribution is -0.115. The molecular formula is C9H15N3OS. The van der Waals surface area contributed by atoms with E-state index in [4.69, 9.17) is 0 Å². The van der Waals surface area contributed by atoms with Gasteiger partial charge in [0, 0.05) is 13.1 Å². The Bertz CT molecular complexity index is 335. The van der Waals surface area contributed by atoms with Crippen LogP contribution in [0.25, 0.3) is 0 Å². The Morgan fingerprint density at radius 3 is 2.79 bits per heavy atom. The molecule has 1 aromatic heterocycles. The minimum atomic E-state index is -0.0368. The molecule has 0 aliphatic heterocycles. The van der Waals surface area contributed by atoms with Gasteiger partial charge in [0.25, 0.3) is 0 Å². The van der Waals surface area contributed by atoms with Gasteiger partial charge in [0.2, 0.25) is 5.91 Å². The second-order valence-electron chi connectivity index (χ2n) is 3.16. The number of aryl methyl sites for hydroxylation is 2. The topological polar surface area (TPSA) is 46.9 Å². The minimum Gasteiger partial charge on any atom is -0.310 e. The third kappa shape index (κ3) is 2.51. The van der Waals surface area contributed by atoms with Crippen molar-refractivity contribution in [3.63, 3.8) is 0 Å². The zero-order chi connectivity index (χ0) is 10.7. The molecule has 0 spiro atoms. The number of nitrogens with zero attached hydrogens (tertiary/aromatic N) is 2. The highest BCUT2D eigenvalue weighted by molar-refractivity contribution is 7.99. The first-order valence-corrected chi connectivity index (χ1v) is 5.67. The third-order valence-corrected chi connectivity index (χ3v) is 2.90. The van der Waals surface area contributed by atoms with E-state index in [0.29, 0.717) is 0 Å². The first kappa shape index (κ1) is 11.1. The molecule has 1 N–H and O–H groups in total. The van der Waals surface area contributed by atoms with Crippen LogP contribution in [0.2, 0.25) is 0 Å². The summed E-state index contributed by atoms with van der Waals surface area (Å²) in [6.45, 7) is 3.77. The molecular weight excluding hydrogens is 198 g/mol. The van der Waals surface area contributed by atoms with Gasteiger partial charge in [-0.3, -0.25) is 9.48 Å². The molecule has 1 atom stereocenters. The quantitative estimate of drug-likeness (QED) is 0.826. The maximum atomic E-state index is 11.5. The zero-order valence-electron chi connectivity index (χ0n) is 8.87. The maximum Gasteiger partial charge on any atom is 0.238 e. The summed E-state index contributed by atoms with van der Waals surface area (Å²) in [5.41, 5.74) is 0.902. The van der Waals surface area contributed by atoms with Crippen LogP contribution in [0.3, 0.4) is 0 Å². The summed E-state index contributed by atoms with van der Waals surface area (Å²) in [5, 5.41) is 6.93. The molecule has 5 heteroatoms. The fraction of sp³-hybridized carbons (Fsp3) is 0.556. The second kappa shape index (κ2) is 4.50. The van der Waals surface area contributed by atoms with Crippen molar-refractivity contribution in [2.45, 2.75) is 19.1 Å². The Labute approximate surface area is 88.1 Å². The molecule has 0 saturated heterocycles. The van der Waals surface area contributed by atoms with Crippen molar-refractivity contribution in [3.8, 4) is 0 Å². The van der Waals surface area contributed by atoms with Crippen LogP contribution in [-0.4, -0.2) is 27.2 Å². The van der Waals surface area contributed by atoms with Crippen molar-refractivity contribution in [1.82, 2.24) is 9.78 Å². The van der Waals surface area contributed by atoms with Crippen LogP contribution in [0.4, 0.5) is 5.82 Å². The summed E-state index contributed by atoms with van der Waals surface area (Å²) in [5.74, 6) is 0.758. The van der Waals surface area contributed by atoms with Gasteiger partial charge in [-0.05, 0) is 20.1 Å². The average molecular weight is 213 g/mol. The molecule has 4 nitrogen and oxygen atoms in total. The molecule has 0 aliphatic rings. The number of amides is 1. The van der Waals surface area contributed by atoms with Gasteiger partial charge < -0.3 is 5.32 Å². The van der Waals surface area contributed by atoms with Crippen LogP contribution in [0.1, 0.15) is 12.6 Å². The molecule has 1 unspecified atom stereocenters. The van der Waals surface area contributed by atoms with Crippen molar-refractivity contribution in [2.24, 2.45) is 7.05 Å². The number of nitrogens with one attached hydrogen (secondary N) is 1.